The van der Waals surface area contributed by atoms with Crippen LogP contribution in [0.1, 0.15) is 98.1 Å². The Morgan fingerprint density at radius 3 is 1.85 bits per heavy atom. The van der Waals surface area contributed by atoms with Gasteiger partial charge in [0.2, 0.25) is 0 Å². The van der Waals surface area contributed by atoms with Gasteiger partial charge in [-0.1, -0.05) is 6.07 Å². The van der Waals surface area contributed by atoms with E-state index in [4.69, 9.17) is 0 Å². The van der Waals surface area contributed by atoms with Gasteiger partial charge in [-0.2, -0.15) is 0 Å². The van der Waals surface area contributed by atoms with Crippen molar-refractivity contribution >= 4 is 40.0 Å². The number of unbranched alkanes of at least 4 members (excludes halogenated alkanes) is 2. The van der Waals surface area contributed by atoms with Crippen LogP contribution in [0.4, 0.5) is 0 Å². The molecule has 2 aliphatic rings. The average molecular weight is 756 g/mol. The Morgan fingerprint density at radius 2 is 1.17 bits per heavy atom. The van der Waals surface area contributed by atoms with Crippen molar-refractivity contribution in [2.45, 2.75) is 85.3 Å². The molecule has 0 heterocycles. The third kappa shape index (κ3) is 7.12. The minimum absolute atomic E-state index is 0.546. The molecule has 3 unspecified atom stereocenters. The van der Waals surface area contributed by atoms with Crippen LogP contribution in [-0.4, -0.2) is 6.66 Å². The molecule has 2 heteroatoms. The summed E-state index contributed by atoms with van der Waals surface area (Å²) in [6.45, 7) is 6.18. The van der Waals surface area contributed by atoms with Crippen molar-refractivity contribution in [2.75, 3.05) is 0 Å². The molecule has 0 aromatic heterocycles. The molecule has 0 fully saturated rings. The summed E-state index contributed by atoms with van der Waals surface area (Å²) in [6, 6.07) is 56.1. The van der Waals surface area contributed by atoms with E-state index in [2.05, 4.69) is 179 Å². The maximum absolute atomic E-state index is 2.90. The molecule has 0 bridgehead atoms. The fraction of sp³-hybridized carbons (Fsp3) is 0.269. The zero-order valence-electron chi connectivity index (χ0n) is 32.5. The van der Waals surface area contributed by atoms with Crippen molar-refractivity contribution in [3.8, 4) is 11.1 Å². The van der Waals surface area contributed by atoms with Crippen LogP contribution < -0.4 is 10.4 Å². The summed E-state index contributed by atoms with van der Waals surface area (Å²) in [5, 5.41) is 6.10. The monoisotopic (exact) mass is 755 g/mol. The van der Waals surface area contributed by atoms with Gasteiger partial charge in [0, 0.05) is 0 Å². The zero-order chi connectivity index (χ0) is 36.9. The van der Waals surface area contributed by atoms with Crippen LogP contribution in [0.2, 0.25) is 9.45 Å². The van der Waals surface area contributed by atoms with Gasteiger partial charge in [-0.05, 0) is 0 Å². The molecule has 0 aliphatic heterocycles. The van der Waals surface area contributed by atoms with E-state index in [9.17, 15) is 0 Å². The van der Waals surface area contributed by atoms with Crippen molar-refractivity contribution in [2.24, 2.45) is 0 Å². The summed E-state index contributed by atoms with van der Waals surface area (Å²) in [5.41, 5.74) is 12.2. The van der Waals surface area contributed by atoms with Crippen LogP contribution in [-0.2, 0) is 15.8 Å². The van der Waals surface area contributed by atoms with Gasteiger partial charge in [0.05, 0.1) is 0 Å². The first kappa shape index (κ1) is 36.9. The van der Waals surface area contributed by atoms with Crippen molar-refractivity contribution in [1.82, 2.24) is 0 Å². The summed E-state index contributed by atoms with van der Waals surface area (Å²) >= 11 is -2.90. The summed E-state index contributed by atoms with van der Waals surface area (Å²) in [7, 11) is 0. The van der Waals surface area contributed by atoms with E-state index < -0.39 is 22.5 Å². The van der Waals surface area contributed by atoms with Crippen LogP contribution in [0.15, 0.2) is 157 Å². The van der Waals surface area contributed by atoms with E-state index >= 15 is 0 Å². The third-order valence-corrected chi connectivity index (χ3v) is 32.8. The molecule has 6 aromatic carbocycles. The number of benzene rings is 6. The second-order valence-electron chi connectivity index (χ2n) is 15.7. The number of fused-ring (bicyclic) bond motifs is 4. The van der Waals surface area contributed by atoms with Crippen LogP contribution >= 0.6 is 0 Å². The van der Waals surface area contributed by atoms with Crippen LogP contribution in [0.5, 0.6) is 0 Å². The summed E-state index contributed by atoms with van der Waals surface area (Å²) < 4.78 is 3.48. The Balaban J connectivity index is 1.18. The molecule has 0 amide bonds. The van der Waals surface area contributed by atoms with Crippen molar-refractivity contribution in [1.29, 1.82) is 0 Å². The normalized spacial score (nSPS) is 17.3. The van der Waals surface area contributed by atoms with E-state index in [-0.39, 0.29) is 0 Å². The number of hydrogen-bond acceptors (Lipinski definition) is 0. The van der Waals surface area contributed by atoms with E-state index in [1.807, 2.05) is 0 Å². The van der Waals surface area contributed by atoms with Gasteiger partial charge >= 0.3 is 325 Å². The second kappa shape index (κ2) is 16.8. The zero-order valence-corrected chi connectivity index (χ0v) is 35.1. The number of hydrogen-bond donors (Lipinski definition) is 0. The molecule has 0 N–H and O–H groups in total. The fourth-order valence-electron chi connectivity index (χ4n) is 10.2. The molecule has 0 saturated heterocycles. The van der Waals surface area contributed by atoms with Crippen LogP contribution in [0, 0.1) is 0 Å². The van der Waals surface area contributed by atoms with Gasteiger partial charge in [-0.15, -0.1) is 0 Å². The van der Waals surface area contributed by atoms with E-state index in [0.29, 0.717) is 10.1 Å². The number of rotatable bonds is 15. The topological polar surface area (TPSA) is 0 Å². The fourth-order valence-corrected chi connectivity index (χ4v) is 34.1. The molecule has 0 nitrogen and oxygen atoms in total. The maximum atomic E-state index is 2.67. The molecule has 271 valence electrons. The van der Waals surface area contributed by atoms with Crippen LogP contribution in [0.25, 0.3) is 34.1 Å². The van der Waals surface area contributed by atoms with Crippen molar-refractivity contribution in [3.05, 3.63) is 179 Å². The molecule has 8 rings (SSSR count). The number of allylic oxidation sites excluding steroid dienone is 2. The standard InChI is InChI=1S/C21H23.C15H13.C12H10Si.C4H9.Ti/c1-3-5-11-20-16(4-2)14-19-15-18(12-13-21(19)20)17-9-7-6-8-10-17;1-2-11-9-13-8-7-12-5-3-4-6-14(12)15(13)10-11;1-3-7-11(8-4-1)13-12-9-5-2-6-10-12;1-3-4-2;/h6-10,12-15,20H,1,3-5,11H2,2H3;3-10H,2H2,1H3;1-10H;1,3-4H2,2H3;. The second-order valence-corrected chi connectivity index (χ2v) is 30.2. The molecule has 54 heavy (non-hydrogen) atoms. The van der Waals surface area contributed by atoms with Gasteiger partial charge in [0.15, 0.2) is 0 Å². The molecule has 1 radical (unpaired) electrons. The molecule has 0 spiro atoms. The Labute approximate surface area is 329 Å². The SMILES string of the molecule is CCC[CH2][Ti]([CH2]CCCC1C(CC)=Cc2cc(-c3ccccc3)ccc21)([CH]1C(CC)=Cc2c1ccc1ccccc21)[Si](c1ccccc1)c1ccccc1. The molecular formula is C52H55SiTi. The van der Waals surface area contributed by atoms with Gasteiger partial charge in [-0.25, -0.2) is 0 Å². The first-order chi connectivity index (χ1) is 26.6. The quantitative estimate of drug-likeness (QED) is 0.0723. The predicted molar refractivity (Wildman–Crippen MR) is 234 cm³/mol. The van der Waals surface area contributed by atoms with Gasteiger partial charge in [0.1, 0.15) is 0 Å². The Morgan fingerprint density at radius 1 is 0.537 bits per heavy atom. The van der Waals surface area contributed by atoms with Gasteiger partial charge in [-0.3, -0.25) is 0 Å². The van der Waals surface area contributed by atoms with E-state index in [0.717, 1.165) is 12.8 Å². The first-order valence-electron chi connectivity index (χ1n) is 20.7. The molecule has 3 atom stereocenters. The van der Waals surface area contributed by atoms with Crippen molar-refractivity contribution in [3.63, 3.8) is 0 Å². The Kier molecular flexibility index (Phi) is 11.5. The Hall–Kier alpha value is -4.01. The molecular weight excluding hydrogens is 701 g/mol. The third-order valence-electron chi connectivity index (χ3n) is 12.7. The summed E-state index contributed by atoms with van der Waals surface area (Å²) in [4.78, 5) is 0. The average Bonchev–Trinajstić information content (AvgIpc) is 3.80. The van der Waals surface area contributed by atoms with Crippen LogP contribution in [0.3, 0.4) is 0 Å². The Bertz CT molecular complexity index is 2210. The minimum atomic E-state index is -2.90. The predicted octanol–water partition coefficient (Wildman–Crippen LogP) is 13.7. The van der Waals surface area contributed by atoms with Crippen molar-refractivity contribution < 1.29 is 15.8 Å². The van der Waals surface area contributed by atoms with E-state index in [1.165, 1.54) is 74.6 Å². The first-order valence-corrected chi connectivity index (χ1v) is 27.7. The van der Waals surface area contributed by atoms with E-state index in [1.54, 1.807) is 32.6 Å². The summed E-state index contributed by atoms with van der Waals surface area (Å²) in [6.07, 6.45) is 14.0. The summed E-state index contributed by atoms with van der Waals surface area (Å²) in [5.74, 6) is 0.546. The molecule has 6 aromatic rings. The molecule has 0 saturated carbocycles. The van der Waals surface area contributed by atoms with Gasteiger partial charge in [0.25, 0.3) is 0 Å². The van der Waals surface area contributed by atoms with Gasteiger partial charge < -0.3 is 0 Å². The molecule has 2 aliphatic carbocycles.